The first-order valence-corrected chi connectivity index (χ1v) is 14.4. The molecule has 1 saturated heterocycles. The fourth-order valence-corrected chi connectivity index (χ4v) is 7.81. The van der Waals surface area contributed by atoms with Crippen LogP contribution in [0.2, 0.25) is 0 Å². The molecule has 0 bridgehead atoms. The van der Waals surface area contributed by atoms with Crippen molar-refractivity contribution in [3.63, 3.8) is 0 Å². The number of hydrogen-bond donors (Lipinski definition) is 1. The Hall–Kier alpha value is -2.62. The van der Waals surface area contributed by atoms with Crippen LogP contribution in [-0.2, 0) is 16.6 Å². The first-order valence-electron chi connectivity index (χ1n) is 14.4. The predicted molar refractivity (Wildman–Crippen MR) is 151 cm³/mol. The van der Waals surface area contributed by atoms with E-state index >= 15 is 0 Å². The van der Waals surface area contributed by atoms with Crippen molar-refractivity contribution in [1.82, 2.24) is 5.32 Å². The van der Waals surface area contributed by atoms with E-state index in [9.17, 15) is 9.59 Å². The average molecular weight is 501 g/mol. The SMILES string of the molecule is CC(C)c1ccc2c(c1)CC[C@H]1[C@](C)(CNC(=O)C3CCN(c4ccc(C=O)cc4)CC3)CCC[C@]21C. The zero-order valence-electron chi connectivity index (χ0n) is 23.2. The van der Waals surface area contributed by atoms with Gasteiger partial charge in [0.15, 0.2) is 0 Å². The Kier molecular flexibility index (Phi) is 7.22. The number of nitrogens with zero attached hydrogens (tertiary/aromatic N) is 1. The number of benzene rings is 2. The summed E-state index contributed by atoms with van der Waals surface area (Å²) in [5.74, 6) is 1.49. The highest BCUT2D eigenvalue weighted by Gasteiger charge is 2.51. The monoisotopic (exact) mass is 500 g/mol. The van der Waals surface area contributed by atoms with Gasteiger partial charge in [0.05, 0.1) is 0 Å². The van der Waals surface area contributed by atoms with Crippen LogP contribution >= 0.6 is 0 Å². The van der Waals surface area contributed by atoms with Gasteiger partial charge in [-0.2, -0.15) is 0 Å². The van der Waals surface area contributed by atoms with Crippen LogP contribution in [0.1, 0.15) is 99.2 Å². The van der Waals surface area contributed by atoms with E-state index in [-0.39, 0.29) is 22.7 Å². The molecule has 2 fully saturated rings. The lowest BCUT2D eigenvalue weighted by Crippen LogP contribution is -2.54. The molecule has 1 amide bonds. The molecule has 4 nitrogen and oxygen atoms in total. The Morgan fingerprint density at radius 3 is 2.46 bits per heavy atom. The number of rotatable bonds is 6. The van der Waals surface area contributed by atoms with Gasteiger partial charge in [-0.15, -0.1) is 0 Å². The number of piperidine rings is 1. The first-order chi connectivity index (χ1) is 17.7. The van der Waals surface area contributed by atoms with E-state index in [1.54, 1.807) is 11.1 Å². The highest BCUT2D eigenvalue weighted by Crippen LogP contribution is 2.57. The van der Waals surface area contributed by atoms with Gasteiger partial charge in [-0.25, -0.2) is 0 Å². The van der Waals surface area contributed by atoms with Crippen LogP contribution in [0.25, 0.3) is 0 Å². The lowest BCUT2D eigenvalue weighted by atomic mass is 9.49. The quantitative estimate of drug-likeness (QED) is 0.451. The second-order valence-electron chi connectivity index (χ2n) is 12.8. The number of amides is 1. The first kappa shape index (κ1) is 26.0. The van der Waals surface area contributed by atoms with Crippen LogP contribution in [0, 0.1) is 17.3 Å². The van der Waals surface area contributed by atoms with Crippen molar-refractivity contribution in [2.75, 3.05) is 24.5 Å². The summed E-state index contributed by atoms with van der Waals surface area (Å²) in [4.78, 5) is 26.5. The Bertz CT molecular complexity index is 1130. The van der Waals surface area contributed by atoms with Gasteiger partial charge in [0.1, 0.15) is 6.29 Å². The molecule has 37 heavy (non-hydrogen) atoms. The van der Waals surface area contributed by atoms with E-state index in [0.29, 0.717) is 17.4 Å². The standard InChI is InChI=1S/C33H44N2O2/c1-23(2)26-8-12-29-27(20-26)9-13-30-32(3,16-5-17-33(29,30)4)22-34-31(37)25-14-18-35(19-15-25)28-10-6-24(21-36)7-11-28/h6-8,10-12,20-21,23,25,30H,5,9,13-19,22H2,1-4H3,(H,34,37)/t30-,32-,33+/m0/s1. The largest absolute Gasteiger partial charge is 0.371 e. The van der Waals surface area contributed by atoms with Gasteiger partial charge in [0.2, 0.25) is 5.91 Å². The normalized spacial score (nSPS) is 27.9. The molecule has 1 saturated carbocycles. The number of carbonyl (C=O) groups excluding carboxylic acids is 2. The molecular formula is C33H44N2O2. The van der Waals surface area contributed by atoms with E-state index in [1.807, 2.05) is 24.3 Å². The van der Waals surface area contributed by atoms with Crippen LogP contribution in [-0.4, -0.2) is 31.8 Å². The predicted octanol–water partition coefficient (Wildman–Crippen LogP) is 6.67. The Morgan fingerprint density at radius 1 is 1.05 bits per heavy atom. The maximum absolute atomic E-state index is 13.3. The zero-order valence-corrected chi connectivity index (χ0v) is 23.2. The van der Waals surface area contributed by atoms with Crippen molar-refractivity contribution in [1.29, 1.82) is 0 Å². The number of aryl methyl sites for hydroxylation is 1. The Balaban J connectivity index is 1.21. The van der Waals surface area contributed by atoms with E-state index in [2.05, 4.69) is 56.1 Å². The molecule has 0 spiro atoms. The van der Waals surface area contributed by atoms with Gasteiger partial charge in [-0.1, -0.05) is 52.3 Å². The maximum atomic E-state index is 13.3. The van der Waals surface area contributed by atoms with Crippen molar-refractivity contribution in [2.45, 2.75) is 84.0 Å². The molecule has 0 unspecified atom stereocenters. The minimum Gasteiger partial charge on any atom is -0.371 e. The lowest BCUT2D eigenvalue weighted by Gasteiger charge is -2.55. The average Bonchev–Trinajstić information content (AvgIpc) is 2.91. The molecule has 198 valence electrons. The van der Waals surface area contributed by atoms with E-state index < -0.39 is 0 Å². The molecule has 2 aromatic carbocycles. The molecule has 4 heteroatoms. The highest BCUT2D eigenvalue weighted by molar-refractivity contribution is 5.79. The number of fused-ring (bicyclic) bond motifs is 3. The van der Waals surface area contributed by atoms with Crippen molar-refractivity contribution in [3.05, 3.63) is 64.7 Å². The van der Waals surface area contributed by atoms with Crippen molar-refractivity contribution in [2.24, 2.45) is 17.3 Å². The number of nitrogens with one attached hydrogen (secondary N) is 1. The molecule has 1 heterocycles. The second-order valence-corrected chi connectivity index (χ2v) is 12.8. The second kappa shape index (κ2) is 10.3. The molecule has 3 aliphatic rings. The van der Waals surface area contributed by atoms with E-state index in [1.165, 1.54) is 31.2 Å². The third kappa shape index (κ3) is 4.96. The van der Waals surface area contributed by atoms with Crippen LogP contribution in [0.3, 0.4) is 0 Å². The van der Waals surface area contributed by atoms with Gasteiger partial charge in [-0.3, -0.25) is 9.59 Å². The van der Waals surface area contributed by atoms with Gasteiger partial charge >= 0.3 is 0 Å². The highest BCUT2D eigenvalue weighted by atomic mass is 16.1. The van der Waals surface area contributed by atoms with Crippen LogP contribution in [0.4, 0.5) is 5.69 Å². The fourth-order valence-electron chi connectivity index (χ4n) is 7.81. The lowest BCUT2D eigenvalue weighted by molar-refractivity contribution is -0.126. The van der Waals surface area contributed by atoms with Crippen LogP contribution in [0.5, 0.6) is 0 Å². The molecule has 2 aliphatic carbocycles. The number of carbonyl (C=O) groups is 2. The molecule has 0 radical (unpaired) electrons. The van der Waals surface area contributed by atoms with Crippen molar-refractivity contribution < 1.29 is 9.59 Å². The molecule has 1 aliphatic heterocycles. The van der Waals surface area contributed by atoms with Crippen LogP contribution < -0.4 is 10.2 Å². The minimum atomic E-state index is 0.0885. The smallest absolute Gasteiger partial charge is 0.223 e. The number of anilines is 1. The molecule has 1 N–H and O–H groups in total. The molecule has 3 atom stereocenters. The van der Waals surface area contributed by atoms with Crippen molar-refractivity contribution in [3.8, 4) is 0 Å². The summed E-state index contributed by atoms with van der Waals surface area (Å²) < 4.78 is 0. The van der Waals surface area contributed by atoms with Gasteiger partial charge < -0.3 is 10.2 Å². The summed E-state index contributed by atoms with van der Waals surface area (Å²) in [6.45, 7) is 12.1. The fraction of sp³-hybridized carbons (Fsp3) is 0.576. The Morgan fingerprint density at radius 2 is 1.78 bits per heavy atom. The van der Waals surface area contributed by atoms with Gasteiger partial charge in [-0.05, 0) is 102 Å². The van der Waals surface area contributed by atoms with Crippen LogP contribution in [0.15, 0.2) is 42.5 Å². The van der Waals surface area contributed by atoms with Crippen molar-refractivity contribution >= 4 is 17.9 Å². The van der Waals surface area contributed by atoms with Gasteiger partial charge in [0.25, 0.3) is 0 Å². The zero-order chi connectivity index (χ0) is 26.2. The summed E-state index contributed by atoms with van der Waals surface area (Å²) in [7, 11) is 0. The topological polar surface area (TPSA) is 49.4 Å². The summed E-state index contributed by atoms with van der Waals surface area (Å²) in [5.41, 5.74) is 6.76. The third-order valence-corrected chi connectivity index (χ3v) is 10.1. The molecule has 5 rings (SSSR count). The summed E-state index contributed by atoms with van der Waals surface area (Å²) in [6, 6.07) is 15.0. The Labute approximate surface area is 223 Å². The number of hydrogen-bond acceptors (Lipinski definition) is 3. The minimum absolute atomic E-state index is 0.0885. The molecule has 0 aromatic heterocycles. The third-order valence-electron chi connectivity index (χ3n) is 10.1. The van der Waals surface area contributed by atoms with E-state index in [4.69, 9.17) is 0 Å². The van der Waals surface area contributed by atoms with Gasteiger partial charge in [0, 0.05) is 36.8 Å². The summed E-state index contributed by atoms with van der Waals surface area (Å²) in [6.07, 6.45) is 8.69. The maximum Gasteiger partial charge on any atom is 0.223 e. The summed E-state index contributed by atoms with van der Waals surface area (Å²) >= 11 is 0. The van der Waals surface area contributed by atoms with E-state index in [0.717, 1.165) is 50.9 Å². The number of aldehydes is 1. The molecule has 2 aromatic rings. The summed E-state index contributed by atoms with van der Waals surface area (Å²) in [5, 5.41) is 3.43. The molecular weight excluding hydrogens is 456 g/mol.